The van der Waals surface area contributed by atoms with Crippen LogP contribution in [0.1, 0.15) is 38.2 Å². The van der Waals surface area contributed by atoms with Crippen LogP contribution in [0.25, 0.3) is 0 Å². The molecule has 0 atom stereocenters. The lowest BCUT2D eigenvalue weighted by Crippen LogP contribution is -2.11. The number of nitrogen functional groups attached to an aromatic ring is 1. The van der Waals surface area contributed by atoms with Gasteiger partial charge in [-0.25, -0.2) is 4.79 Å². The SMILES string of the molecule is Cc1cc(C)c(COC(=O)c2c(C)cccc2N)c(C)c1. The Kier molecular flexibility index (Phi) is 4.32. The summed E-state index contributed by atoms with van der Waals surface area (Å²) in [7, 11) is 0. The van der Waals surface area contributed by atoms with Crippen LogP contribution in [-0.2, 0) is 11.3 Å². The van der Waals surface area contributed by atoms with Gasteiger partial charge in [-0.15, -0.1) is 0 Å². The van der Waals surface area contributed by atoms with Crippen LogP contribution in [0.4, 0.5) is 5.69 Å². The average molecular weight is 283 g/mol. The number of rotatable bonds is 3. The minimum atomic E-state index is -0.370. The Morgan fingerprint density at radius 3 is 2.24 bits per heavy atom. The summed E-state index contributed by atoms with van der Waals surface area (Å²) in [6.45, 7) is 8.25. The molecule has 0 aliphatic heterocycles. The zero-order valence-corrected chi connectivity index (χ0v) is 13.0. The third-order valence-corrected chi connectivity index (χ3v) is 3.70. The monoisotopic (exact) mass is 283 g/mol. The average Bonchev–Trinajstić information content (AvgIpc) is 2.37. The first-order chi connectivity index (χ1) is 9.90. The first-order valence-corrected chi connectivity index (χ1v) is 6.99. The Hall–Kier alpha value is -2.29. The molecule has 0 heterocycles. The minimum absolute atomic E-state index is 0.268. The number of benzene rings is 2. The van der Waals surface area contributed by atoms with Crippen LogP contribution in [0, 0.1) is 27.7 Å². The molecule has 3 nitrogen and oxygen atoms in total. The molecule has 0 aromatic heterocycles. The molecule has 0 saturated heterocycles. The van der Waals surface area contributed by atoms with Crippen LogP contribution < -0.4 is 5.73 Å². The van der Waals surface area contributed by atoms with Gasteiger partial charge in [0.05, 0.1) is 5.56 Å². The van der Waals surface area contributed by atoms with E-state index in [1.807, 2.05) is 32.9 Å². The van der Waals surface area contributed by atoms with E-state index in [9.17, 15) is 4.79 Å². The van der Waals surface area contributed by atoms with Crippen molar-refractivity contribution in [2.45, 2.75) is 34.3 Å². The topological polar surface area (TPSA) is 52.3 Å². The smallest absolute Gasteiger partial charge is 0.340 e. The maximum Gasteiger partial charge on any atom is 0.340 e. The van der Waals surface area contributed by atoms with Crippen LogP contribution >= 0.6 is 0 Å². The van der Waals surface area contributed by atoms with Crippen molar-refractivity contribution in [3.63, 3.8) is 0 Å². The van der Waals surface area contributed by atoms with E-state index in [0.29, 0.717) is 11.3 Å². The summed E-state index contributed by atoms with van der Waals surface area (Å²) in [5, 5.41) is 0. The number of carbonyl (C=O) groups is 1. The third kappa shape index (κ3) is 3.24. The summed E-state index contributed by atoms with van der Waals surface area (Å²) < 4.78 is 5.46. The van der Waals surface area contributed by atoms with Crippen molar-refractivity contribution in [3.05, 3.63) is 63.7 Å². The van der Waals surface area contributed by atoms with Gasteiger partial charge in [0.25, 0.3) is 0 Å². The van der Waals surface area contributed by atoms with Gasteiger partial charge >= 0.3 is 5.97 Å². The minimum Gasteiger partial charge on any atom is -0.457 e. The second-order valence-corrected chi connectivity index (χ2v) is 5.49. The second-order valence-electron chi connectivity index (χ2n) is 5.49. The van der Waals surface area contributed by atoms with Gasteiger partial charge < -0.3 is 10.5 Å². The molecule has 0 unspecified atom stereocenters. The van der Waals surface area contributed by atoms with Crippen LogP contribution in [0.5, 0.6) is 0 Å². The standard InChI is InChI=1S/C18H21NO2/c1-11-8-13(3)15(14(4)9-11)10-21-18(20)17-12(2)6-5-7-16(17)19/h5-9H,10,19H2,1-4H3. The molecule has 2 aromatic carbocycles. The molecule has 0 fully saturated rings. The van der Waals surface area contributed by atoms with Gasteiger partial charge in [-0.2, -0.15) is 0 Å². The second kappa shape index (κ2) is 6.00. The Morgan fingerprint density at radius 2 is 1.67 bits per heavy atom. The molecule has 2 N–H and O–H groups in total. The van der Waals surface area contributed by atoms with Crippen molar-refractivity contribution in [1.29, 1.82) is 0 Å². The van der Waals surface area contributed by atoms with Crippen molar-refractivity contribution in [2.75, 3.05) is 5.73 Å². The molecule has 0 spiro atoms. The van der Waals surface area contributed by atoms with Crippen LogP contribution in [-0.4, -0.2) is 5.97 Å². The van der Waals surface area contributed by atoms with Gasteiger partial charge in [0.1, 0.15) is 6.61 Å². The van der Waals surface area contributed by atoms with Gasteiger partial charge in [0.2, 0.25) is 0 Å². The molecular formula is C18H21NO2. The van der Waals surface area contributed by atoms with E-state index in [-0.39, 0.29) is 12.6 Å². The number of hydrogen-bond acceptors (Lipinski definition) is 3. The van der Waals surface area contributed by atoms with E-state index in [2.05, 4.69) is 19.1 Å². The summed E-state index contributed by atoms with van der Waals surface area (Å²) in [5.41, 5.74) is 12.2. The lowest BCUT2D eigenvalue weighted by Gasteiger charge is -2.13. The highest BCUT2D eigenvalue weighted by Crippen LogP contribution is 2.21. The molecule has 0 aliphatic carbocycles. The van der Waals surface area contributed by atoms with E-state index >= 15 is 0 Å². The van der Waals surface area contributed by atoms with Gasteiger partial charge in [-0.05, 0) is 56.0 Å². The maximum atomic E-state index is 12.2. The summed E-state index contributed by atoms with van der Waals surface area (Å²) in [6.07, 6.45) is 0. The van der Waals surface area contributed by atoms with Crippen molar-refractivity contribution >= 4 is 11.7 Å². The van der Waals surface area contributed by atoms with Crippen molar-refractivity contribution in [3.8, 4) is 0 Å². The van der Waals surface area contributed by atoms with Gasteiger partial charge in [0.15, 0.2) is 0 Å². The summed E-state index contributed by atoms with van der Waals surface area (Å²) in [4.78, 5) is 12.2. The molecule has 3 heteroatoms. The van der Waals surface area contributed by atoms with Crippen LogP contribution in [0.15, 0.2) is 30.3 Å². The van der Waals surface area contributed by atoms with Crippen LogP contribution in [0.3, 0.4) is 0 Å². The number of aryl methyl sites for hydroxylation is 4. The maximum absolute atomic E-state index is 12.2. The highest BCUT2D eigenvalue weighted by atomic mass is 16.5. The quantitative estimate of drug-likeness (QED) is 0.687. The molecule has 0 bridgehead atoms. The number of esters is 1. The van der Waals surface area contributed by atoms with Crippen molar-refractivity contribution in [1.82, 2.24) is 0 Å². The molecule has 0 aliphatic rings. The highest BCUT2D eigenvalue weighted by molar-refractivity contribution is 5.96. The number of ether oxygens (including phenoxy) is 1. The lowest BCUT2D eigenvalue weighted by molar-refractivity contribution is 0.0472. The Balaban J connectivity index is 2.19. The predicted molar refractivity (Wildman–Crippen MR) is 85.4 cm³/mol. The lowest BCUT2D eigenvalue weighted by atomic mass is 10.0. The Morgan fingerprint density at radius 1 is 1.05 bits per heavy atom. The first kappa shape index (κ1) is 15.1. The van der Waals surface area contributed by atoms with Crippen molar-refractivity contribution in [2.24, 2.45) is 0 Å². The molecule has 0 amide bonds. The zero-order chi connectivity index (χ0) is 15.6. The number of anilines is 1. The number of hydrogen-bond donors (Lipinski definition) is 1. The largest absolute Gasteiger partial charge is 0.457 e. The van der Waals surface area contributed by atoms with Crippen molar-refractivity contribution < 1.29 is 9.53 Å². The fraction of sp³-hybridized carbons (Fsp3) is 0.278. The van der Waals surface area contributed by atoms with E-state index in [0.717, 1.165) is 22.3 Å². The molecule has 2 rings (SSSR count). The predicted octanol–water partition coefficient (Wildman–Crippen LogP) is 3.86. The Labute approximate surface area is 125 Å². The number of nitrogens with two attached hydrogens (primary N) is 1. The van der Waals surface area contributed by atoms with E-state index in [1.165, 1.54) is 5.56 Å². The fourth-order valence-corrected chi connectivity index (χ4v) is 2.62. The summed E-state index contributed by atoms with van der Waals surface area (Å²) in [6, 6.07) is 9.59. The van der Waals surface area contributed by atoms with E-state index in [4.69, 9.17) is 10.5 Å². The molecule has 2 aromatic rings. The first-order valence-electron chi connectivity index (χ1n) is 6.99. The zero-order valence-electron chi connectivity index (χ0n) is 13.0. The molecule has 21 heavy (non-hydrogen) atoms. The van der Waals surface area contributed by atoms with Gasteiger partial charge in [-0.3, -0.25) is 0 Å². The molecule has 0 radical (unpaired) electrons. The summed E-state index contributed by atoms with van der Waals surface area (Å²) >= 11 is 0. The molecule has 0 saturated carbocycles. The fourth-order valence-electron chi connectivity index (χ4n) is 2.62. The normalized spacial score (nSPS) is 10.5. The summed E-state index contributed by atoms with van der Waals surface area (Å²) in [5.74, 6) is -0.370. The van der Waals surface area contributed by atoms with Gasteiger partial charge in [-0.1, -0.05) is 29.8 Å². The molecular weight excluding hydrogens is 262 g/mol. The number of carbonyl (C=O) groups excluding carboxylic acids is 1. The van der Waals surface area contributed by atoms with Crippen LogP contribution in [0.2, 0.25) is 0 Å². The van der Waals surface area contributed by atoms with E-state index in [1.54, 1.807) is 6.07 Å². The molecule has 110 valence electrons. The van der Waals surface area contributed by atoms with E-state index < -0.39 is 0 Å². The Bertz CT molecular complexity index is 646. The van der Waals surface area contributed by atoms with Gasteiger partial charge in [0, 0.05) is 5.69 Å². The third-order valence-electron chi connectivity index (χ3n) is 3.70. The highest BCUT2D eigenvalue weighted by Gasteiger charge is 2.15.